The Morgan fingerprint density at radius 1 is 1.13 bits per heavy atom. The quantitative estimate of drug-likeness (QED) is 0.511. The molecule has 7 heteroatoms. The highest BCUT2D eigenvalue weighted by molar-refractivity contribution is 6.32. The normalized spacial score (nSPS) is 13.3. The molecule has 31 heavy (non-hydrogen) atoms. The van der Waals surface area contributed by atoms with Crippen LogP contribution in [0.5, 0.6) is 11.5 Å². The highest BCUT2D eigenvalue weighted by Crippen LogP contribution is 2.37. The molecule has 0 saturated heterocycles. The first-order valence-electron chi connectivity index (χ1n) is 10.3. The molecule has 0 aliphatic heterocycles. The van der Waals surface area contributed by atoms with E-state index >= 15 is 0 Å². The third kappa shape index (κ3) is 6.76. The van der Waals surface area contributed by atoms with Crippen LogP contribution in [0.4, 0.5) is 11.4 Å². The zero-order valence-electron chi connectivity index (χ0n) is 17.9. The first-order chi connectivity index (χ1) is 14.9. The first-order valence-corrected chi connectivity index (χ1v) is 10.6. The molecule has 0 unspecified atom stereocenters. The van der Waals surface area contributed by atoms with E-state index in [2.05, 4.69) is 10.6 Å². The molecule has 164 valence electrons. The lowest BCUT2D eigenvalue weighted by Gasteiger charge is -2.14. The number of benzene rings is 2. The molecule has 0 bridgehead atoms. The second-order valence-electron chi connectivity index (χ2n) is 7.90. The van der Waals surface area contributed by atoms with Gasteiger partial charge in [0, 0.05) is 23.4 Å². The Kier molecular flexibility index (Phi) is 7.58. The number of anilines is 2. The van der Waals surface area contributed by atoms with Crippen LogP contribution >= 0.6 is 11.6 Å². The van der Waals surface area contributed by atoms with Crippen LogP contribution in [0.3, 0.4) is 0 Å². The van der Waals surface area contributed by atoms with Crippen molar-refractivity contribution in [3.63, 3.8) is 0 Å². The van der Waals surface area contributed by atoms with E-state index in [1.165, 1.54) is 6.08 Å². The summed E-state index contributed by atoms with van der Waals surface area (Å²) in [6, 6.07) is 10.5. The number of halogens is 1. The van der Waals surface area contributed by atoms with Crippen LogP contribution in [0.1, 0.15) is 32.3 Å². The molecule has 2 aromatic carbocycles. The van der Waals surface area contributed by atoms with Gasteiger partial charge >= 0.3 is 0 Å². The summed E-state index contributed by atoms with van der Waals surface area (Å²) in [6.07, 6.45) is 4.98. The predicted molar refractivity (Wildman–Crippen MR) is 124 cm³/mol. The number of ether oxygens (including phenoxy) is 2. The van der Waals surface area contributed by atoms with Gasteiger partial charge in [-0.3, -0.25) is 9.59 Å². The van der Waals surface area contributed by atoms with Crippen molar-refractivity contribution in [2.45, 2.75) is 26.7 Å². The van der Waals surface area contributed by atoms with Gasteiger partial charge in [-0.25, -0.2) is 0 Å². The lowest BCUT2D eigenvalue weighted by atomic mass is 10.1. The number of hydrogen-bond acceptors (Lipinski definition) is 4. The van der Waals surface area contributed by atoms with Gasteiger partial charge in [-0.2, -0.15) is 0 Å². The summed E-state index contributed by atoms with van der Waals surface area (Å²) in [6.45, 7) is 4.62. The van der Waals surface area contributed by atoms with E-state index in [9.17, 15) is 9.59 Å². The van der Waals surface area contributed by atoms with Crippen LogP contribution in [0, 0.1) is 11.8 Å². The Morgan fingerprint density at radius 2 is 1.77 bits per heavy atom. The van der Waals surface area contributed by atoms with E-state index in [-0.39, 0.29) is 17.7 Å². The first kappa shape index (κ1) is 22.7. The zero-order chi connectivity index (χ0) is 22.4. The second kappa shape index (κ2) is 10.4. The average Bonchev–Trinajstić information content (AvgIpc) is 3.58. The summed E-state index contributed by atoms with van der Waals surface area (Å²) in [7, 11) is 1.55. The molecule has 2 N–H and O–H groups in total. The van der Waals surface area contributed by atoms with Crippen molar-refractivity contribution in [2.75, 3.05) is 24.4 Å². The summed E-state index contributed by atoms with van der Waals surface area (Å²) in [4.78, 5) is 24.1. The van der Waals surface area contributed by atoms with E-state index in [4.69, 9.17) is 21.1 Å². The van der Waals surface area contributed by atoms with E-state index in [1.54, 1.807) is 49.6 Å². The van der Waals surface area contributed by atoms with Gasteiger partial charge in [-0.15, -0.1) is 0 Å². The van der Waals surface area contributed by atoms with Gasteiger partial charge in [-0.05, 0) is 66.8 Å². The number of hydrogen-bond donors (Lipinski definition) is 2. The number of carbonyl (C=O) groups excluding carboxylic acids is 2. The lowest BCUT2D eigenvalue weighted by molar-refractivity contribution is -0.117. The van der Waals surface area contributed by atoms with E-state index < -0.39 is 0 Å². The maximum absolute atomic E-state index is 12.3. The van der Waals surface area contributed by atoms with Crippen molar-refractivity contribution >= 4 is 40.9 Å². The molecular formula is C24H27ClN2O4. The van der Waals surface area contributed by atoms with E-state index in [1.807, 2.05) is 13.8 Å². The number of methoxy groups -OCH3 is 1. The maximum atomic E-state index is 12.3. The summed E-state index contributed by atoms with van der Waals surface area (Å²) in [5.41, 5.74) is 2.06. The molecule has 1 fully saturated rings. The summed E-state index contributed by atoms with van der Waals surface area (Å²) >= 11 is 6.35. The standard InChI is InChI=1S/C24H27ClN2O4/c1-15(2)14-31-23-20(25)12-16(13-21(23)30-3)4-11-22(28)26-18-7-9-19(10-8-18)27-24(29)17-5-6-17/h4,7-13,15,17H,5-6,14H2,1-3H3,(H,26,28)(H,27,29)/b11-4+. The van der Waals surface area contributed by atoms with Gasteiger partial charge in [0.25, 0.3) is 0 Å². The molecule has 0 spiro atoms. The Bertz CT molecular complexity index is 966. The fourth-order valence-corrected chi connectivity index (χ4v) is 3.08. The smallest absolute Gasteiger partial charge is 0.248 e. The van der Waals surface area contributed by atoms with Gasteiger partial charge in [0.05, 0.1) is 18.7 Å². The monoisotopic (exact) mass is 442 g/mol. The summed E-state index contributed by atoms with van der Waals surface area (Å²) < 4.78 is 11.1. The number of carbonyl (C=O) groups is 2. The van der Waals surface area contributed by atoms with Crippen molar-refractivity contribution in [1.29, 1.82) is 0 Å². The molecular weight excluding hydrogens is 416 g/mol. The number of amides is 2. The van der Waals surface area contributed by atoms with Gasteiger partial charge < -0.3 is 20.1 Å². The predicted octanol–water partition coefficient (Wildman–Crippen LogP) is 5.38. The zero-order valence-corrected chi connectivity index (χ0v) is 18.7. The fourth-order valence-electron chi connectivity index (χ4n) is 2.81. The highest BCUT2D eigenvalue weighted by Gasteiger charge is 2.29. The van der Waals surface area contributed by atoms with Crippen LogP contribution in [0.25, 0.3) is 6.08 Å². The van der Waals surface area contributed by atoms with Gasteiger partial charge in [0.1, 0.15) is 0 Å². The third-order valence-corrected chi connectivity index (χ3v) is 4.89. The van der Waals surface area contributed by atoms with E-state index in [0.717, 1.165) is 12.8 Å². The molecule has 3 rings (SSSR count). The number of nitrogens with one attached hydrogen (secondary N) is 2. The topological polar surface area (TPSA) is 76.7 Å². The number of rotatable bonds is 9. The Morgan fingerprint density at radius 3 is 2.35 bits per heavy atom. The van der Waals surface area contributed by atoms with Crippen molar-refractivity contribution in [3.05, 3.63) is 53.1 Å². The molecule has 1 saturated carbocycles. The lowest BCUT2D eigenvalue weighted by Crippen LogP contribution is -2.13. The van der Waals surface area contributed by atoms with Gasteiger partial charge in [-0.1, -0.05) is 25.4 Å². The van der Waals surface area contributed by atoms with Crippen LogP contribution in [0.2, 0.25) is 5.02 Å². The van der Waals surface area contributed by atoms with Crippen LogP contribution in [-0.4, -0.2) is 25.5 Å². The summed E-state index contributed by atoms with van der Waals surface area (Å²) in [5.74, 6) is 1.27. The molecule has 6 nitrogen and oxygen atoms in total. The SMILES string of the molecule is COc1cc(/C=C/C(=O)Nc2ccc(NC(=O)C3CC3)cc2)cc(Cl)c1OCC(C)C. The molecule has 1 aliphatic carbocycles. The molecule has 0 atom stereocenters. The van der Waals surface area contributed by atoms with E-state index in [0.29, 0.717) is 46.0 Å². The Hall–Kier alpha value is -2.99. The molecule has 0 aromatic heterocycles. The molecule has 1 aliphatic rings. The van der Waals surface area contributed by atoms with Gasteiger partial charge in [0.2, 0.25) is 11.8 Å². The third-order valence-electron chi connectivity index (χ3n) is 4.61. The Balaban J connectivity index is 1.60. The minimum atomic E-state index is -0.287. The Labute approximate surface area is 187 Å². The van der Waals surface area contributed by atoms with Crippen molar-refractivity contribution in [1.82, 2.24) is 0 Å². The van der Waals surface area contributed by atoms with Crippen LogP contribution in [-0.2, 0) is 9.59 Å². The highest BCUT2D eigenvalue weighted by atomic mass is 35.5. The molecule has 0 radical (unpaired) electrons. The molecule has 2 aromatic rings. The van der Waals surface area contributed by atoms with Crippen molar-refractivity contribution < 1.29 is 19.1 Å². The van der Waals surface area contributed by atoms with Crippen molar-refractivity contribution in [3.8, 4) is 11.5 Å². The van der Waals surface area contributed by atoms with Gasteiger partial charge in [0.15, 0.2) is 11.5 Å². The maximum Gasteiger partial charge on any atom is 0.248 e. The minimum absolute atomic E-state index is 0.0504. The summed E-state index contributed by atoms with van der Waals surface area (Å²) in [5, 5.41) is 6.07. The minimum Gasteiger partial charge on any atom is -0.493 e. The molecule has 0 heterocycles. The fraction of sp³-hybridized carbons (Fsp3) is 0.333. The van der Waals surface area contributed by atoms with Crippen LogP contribution in [0.15, 0.2) is 42.5 Å². The average molecular weight is 443 g/mol. The molecule has 2 amide bonds. The van der Waals surface area contributed by atoms with Crippen LogP contribution < -0.4 is 20.1 Å². The second-order valence-corrected chi connectivity index (χ2v) is 8.31. The van der Waals surface area contributed by atoms with Crippen molar-refractivity contribution in [2.24, 2.45) is 11.8 Å². The largest absolute Gasteiger partial charge is 0.493 e.